The summed E-state index contributed by atoms with van der Waals surface area (Å²) in [7, 11) is 1.72. The number of hydrogen-bond acceptors (Lipinski definition) is 3. The fourth-order valence-corrected chi connectivity index (χ4v) is 3.14. The summed E-state index contributed by atoms with van der Waals surface area (Å²) in [4.78, 5) is 13.7. The first kappa shape index (κ1) is 12.2. The first-order valence-corrected chi connectivity index (χ1v) is 6.58. The normalized spacial score (nSPS) is 19.3. The van der Waals surface area contributed by atoms with Crippen LogP contribution in [0.5, 0.6) is 5.75 Å². The molecule has 1 aliphatic rings. The van der Waals surface area contributed by atoms with Gasteiger partial charge in [0, 0.05) is 24.9 Å². The van der Waals surface area contributed by atoms with Gasteiger partial charge in [0.05, 0.1) is 5.56 Å². The Morgan fingerprint density at radius 1 is 1.59 bits per heavy atom. The minimum Gasteiger partial charge on any atom is -0.507 e. The number of phenolic OH excluding ortho intramolecular Hbond substituents is 1. The van der Waals surface area contributed by atoms with E-state index < -0.39 is 5.82 Å². The standard InChI is InChI=1S/C12H14FNO2S/c1-14(9-4-5-17-7-9)12(16)10-3-2-8(13)6-11(10)15/h2-3,6,9,15H,4-5,7H2,1H3. The molecule has 1 aliphatic heterocycles. The zero-order valence-corrected chi connectivity index (χ0v) is 10.3. The van der Waals surface area contributed by atoms with Gasteiger partial charge in [-0.1, -0.05) is 0 Å². The lowest BCUT2D eigenvalue weighted by Crippen LogP contribution is -2.37. The summed E-state index contributed by atoms with van der Waals surface area (Å²) in [6.07, 6.45) is 0.967. The van der Waals surface area contributed by atoms with Crippen LogP contribution < -0.4 is 0 Å². The van der Waals surface area contributed by atoms with Gasteiger partial charge in [-0.25, -0.2) is 4.39 Å². The van der Waals surface area contributed by atoms with Crippen molar-refractivity contribution in [1.29, 1.82) is 0 Å². The van der Waals surface area contributed by atoms with Gasteiger partial charge >= 0.3 is 0 Å². The quantitative estimate of drug-likeness (QED) is 0.880. The highest BCUT2D eigenvalue weighted by molar-refractivity contribution is 7.99. The maximum absolute atomic E-state index is 12.8. The van der Waals surface area contributed by atoms with Crippen LogP contribution in [0.3, 0.4) is 0 Å². The molecule has 1 N–H and O–H groups in total. The van der Waals surface area contributed by atoms with Gasteiger partial charge in [-0.2, -0.15) is 11.8 Å². The molecule has 1 aromatic carbocycles. The van der Waals surface area contributed by atoms with Crippen molar-refractivity contribution in [1.82, 2.24) is 4.90 Å². The average Bonchev–Trinajstić information content (AvgIpc) is 2.80. The van der Waals surface area contributed by atoms with Crippen LogP contribution in [0.4, 0.5) is 4.39 Å². The predicted molar refractivity (Wildman–Crippen MR) is 65.9 cm³/mol. The Kier molecular flexibility index (Phi) is 3.57. The third-order valence-electron chi connectivity index (χ3n) is 2.96. The van der Waals surface area contributed by atoms with Crippen molar-refractivity contribution in [3.8, 4) is 5.75 Å². The molecule has 17 heavy (non-hydrogen) atoms. The first-order chi connectivity index (χ1) is 8.09. The van der Waals surface area contributed by atoms with Crippen molar-refractivity contribution in [3.63, 3.8) is 0 Å². The van der Waals surface area contributed by atoms with Gasteiger partial charge in [0.1, 0.15) is 11.6 Å². The second-order valence-electron chi connectivity index (χ2n) is 4.09. The number of halogens is 1. The van der Waals surface area contributed by atoms with E-state index in [0.717, 1.165) is 24.0 Å². The van der Waals surface area contributed by atoms with Crippen LogP contribution in [-0.2, 0) is 0 Å². The number of hydrogen-bond donors (Lipinski definition) is 1. The summed E-state index contributed by atoms with van der Waals surface area (Å²) in [5, 5.41) is 9.56. The highest BCUT2D eigenvalue weighted by atomic mass is 32.2. The largest absolute Gasteiger partial charge is 0.507 e. The van der Waals surface area contributed by atoms with Gasteiger partial charge in [0.15, 0.2) is 0 Å². The Labute approximate surface area is 104 Å². The summed E-state index contributed by atoms with van der Waals surface area (Å²) in [5.74, 6) is 0.877. The van der Waals surface area contributed by atoms with Gasteiger partial charge in [-0.3, -0.25) is 4.79 Å². The molecule has 2 rings (SSSR count). The van der Waals surface area contributed by atoms with Gasteiger partial charge in [-0.05, 0) is 24.3 Å². The molecule has 1 heterocycles. The number of benzene rings is 1. The molecule has 0 radical (unpaired) electrons. The Morgan fingerprint density at radius 2 is 2.35 bits per heavy atom. The molecule has 1 unspecified atom stereocenters. The van der Waals surface area contributed by atoms with Crippen LogP contribution in [0.1, 0.15) is 16.8 Å². The van der Waals surface area contributed by atoms with Crippen molar-refractivity contribution < 1.29 is 14.3 Å². The molecule has 92 valence electrons. The fourth-order valence-electron chi connectivity index (χ4n) is 1.87. The van der Waals surface area contributed by atoms with Crippen molar-refractivity contribution >= 4 is 17.7 Å². The number of rotatable bonds is 2. The van der Waals surface area contributed by atoms with Crippen LogP contribution >= 0.6 is 11.8 Å². The van der Waals surface area contributed by atoms with Crippen molar-refractivity contribution in [2.24, 2.45) is 0 Å². The van der Waals surface area contributed by atoms with Crippen molar-refractivity contribution in [2.75, 3.05) is 18.6 Å². The summed E-state index contributed by atoms with van der Waals surface area (Å²) in [6, 6.07) is 3.68. The van der Waals surface area contributed by atoms with E-state index in [0.29, 0.717) is 0 Å². The summed E-state index contributed by atoms with van der Waals surface area (Å²) in [5.41, 5.74) is 0.158. The van der Waals surface area contributed by atoms with Gasteiger partial charge < -0.3 is 10.0 Å². The van der Waals surface area contributed by atoms with E-state index in [1.807, 2.05) is 11.8 Å². The second-order valence-corrected chi connectivity index (χ2v) is 5.24. The molecule has 1 atom stereocenters. The lowest BCUT2D eigenvalue weighted by molar-refractivity contribution is 0.0745. The first-order valence-electron chi connectivity index (χ1n) is 5.43. The molecule has 1 amide bonds. The van der Waals surface area contributed by atoms with Crippen molar-refractivity contribution in [3.05, 3.63) is 29.6 Å². The maximum atomic E-state index is 12.8. The Bertz CT molecular complexity index is 433. The number of carbonyl (C=O) groups excluding carboxylic acids is 1. The zero-order valence-electron chi connectivity index (χ0n) is 9.52. The molecule has 0 aliphatic carbocycles. The van der Waals surface area contributed by atoms with E-state index in [4.69, 9.17) is 0 Å². The third kappa shape index (κ3) is 2.54. The monoisotopic (exact) mass is 255 g/mol. The zero-order chi connectivity index (χ0) is 12.4. The fraction of sp³-hybridized carbons (Fsp3) is 0.417. The molecule has 0 saturated carbocycles. The minimum absolute atomic E-state index is 0.158. The topological polar surface area (TPSA) is 40.5 Å². The van der Waals surface area contributed by atoms with E-state index in [1.54, 1.807) is 11.9 Å². The van der Waals surface area contributed by atoms with Gasteiger partial charge in [0.2, 0.25) is 0 Å². The number of aromatic hydroxyl groups is 1. The molecule has 3 nitrogen and oxygen atoms in total. The third-order valence-corrected chi connectivity index (χ3v) is 4.11. The second kappa shape index (κ2) is 4.96. The maximum Gasteiger partial charge on any atom is 0.257 e. The lowest BCUT2D eigenvalue weighted by Gasteiger charge is -2.24. The van der Waals surface area contributed by atoms with Gasteiger partial charge in [0.25, 0.3) is 5.91 Å². The summed E-state index contributed by atoms with van der Waals surface area (Å²) < 4.78 is 12.8. The Hall–Kier alpha value is -1.23. The molecular formula is C12H14FNO2S. The molecule has 1 fully saturated rings. The molecule has 0 spiro atoms. The van der Waals surface area contributed by atoms with Crippen molar-refractivity contribution in [2.45, 2.75) is 12.5 Å². The smallest absolute Gasteiger partial charge is 0.257 e. The van der Waals surface area contributed by atoms with Gasteiger partial charge in [-0.15, -0.1) is 0 Å². The van der Waals surface area contributed by atoms with Crippen LogP contribution in [0.2, 0.25) is 0 Å². The van der Waals surface area contributed by atoms with E-state index in [9.17, 15) is 14.3 Å². The molecule has 0 aromatic heterocycles. The highest BCUT2D eigenvalue weighted by Crippen LogP contribution is 2.25. The summed E-state index contributed by atoms with van der Waals surface area (Å²) in [6.45, 7) is 0. The van der Waals surface area contributed by atoms with E-state index >= 15 is 0 Å². The van der Waals surface area contributed by atoms with Crippen LogP contribution in [0.25, 0.3) is 0 Å². The molecule has 5 heteroatoms. The van der Waals surface area contributed by atoms with Crippen LogP contribution in [-0.4, -0.2) is 40.5 Å². The molecule has 1 saturated heterocycles. The lowest BCUT2D eigenvalue weighted by atomic mass is 10.1. The average molecular weight is 255 g/mol. The van der Waals surface area contributed by atoms with Crippen LogP contribution in [0, 0.1) is 5.82 Å². The number of nitrogens with zero attached hydrogens (tertiary/aromatic N) is 1. The van der Waals surface area contributed by atoms with Crippen LogP contribution in [0.15, 0.2) is 18.2 Å². The van der Waals surface area contributed by atoms with E-state index in [1.165, 1.54) is 12.1 Å². The number of amides is 1. The minimum atomic E-state index is -0.543. The highest BCUT2D eigenvalue weighted by Gasteiger charge is 2.26. The Balaban J connectivity index is 2.18. The summed E-state index contributed by atoms with van der Waals surface area (Å²) >= 11 is 1.81. The number of carbonyl (C=O) groups is 1. The van der Waals surface area contributed by atoms with E-state index in [2.05, 4.69) is 0 Å². The Morgan fingerprint density at radius 3 is 2.94 bits per heavy atom. The predicted octanol–water partition coefficient (Wildman–Crippen LogP) is 2.11. The molecular weight excluding hydrogens is 241 g/mol. The number of thioether (sulfide) groups is 1. The molecule has 0 bridgehead atoms. The number of phenols is 1. The molecule has 1 aromatic rings. The van der Waals surface area contributed by atoms with E-state index in [-0.39, 0.29) is 23.3 Å². The SMILES string of the molecule is CN(C(=O)c1ccc(F)cc1O)C1CCSC1.